The van der Waals surface area contributed by atoms with Crippen molar-refractivity contribution in [2.75, 3.05) is 6.54 Å². The van der Waals surface area contributed by atoms with Crippen LogP contribution in [0, 0.1) is 6.92 Å². The van der Waals surface area contributed by atoms with Crippen molar-refractivity contribution in [1.29, 1.82) is 0 Å². The summed E-state index contributed by atoms with van der Waals surface area (Å²) < 4.78 is 24.1. The fourth-order valence-electron chi connectivity index (χ4n) is 2.18. The summed E-state index contributed by atoms with van der Waals surface area (Å²) in [7, 11) is -3.43. The molecule has 0 spiro atoms. The highest BCUT2D eigenvalue weighted by Crippen LogP contribution is 2.23. The summed E-state index contributed by atoms with van der Waals surface area (Å²) in [4.78, 5) is 12.1. The number of hydrogen-bond donors (Lipinski definition) is 1. The molecular weight excluding hydrogens is 298 g/mol. The van der Waals surface area contributed by atoms with Gasteiger partial charge in [-0.25, -0.2) is 8.42 Å². The minimum Gasteiger partial charge on any atom is -0.354 e. The molecule has 0 saturated heterocycles. The monoisotopic (exact) mass is 325 g/mol. The van der Waals surface area contributed by atoms with Crippen LogP contribution in [0.4, 0.5) is 0 Å². The molecule has 0 bridgehead atoms. The van der Waals surface area contributed by atoms with E-state index in [0.29, 0.717) is 6.54 Å². The molecule has 1 aromatic carbocycles. The van der Waals surface area contributed by atoms with E-state index >= 15 is 0 Å². The fraction of sp³-hybridized carbons (Fsp3) is 0.588. The second kappa shape index (κ2) is 6.82. The van der Waals surface area contributed by atoms with Crippen LogP contribution in [0.3, 0.4) is 0 Å². The molecule has 22 heavy (non-hydrogen) atoms. The van der Waals surface area contributed by atoms with Crippen molar-refractivity contribution in [3.63, 3.8) is 0 Å². The lowest BCUT2D eigenvalue weighted by Gasteiger charge is -2.27. The van der Waals surface area contributed by atoms with Crippen LogP contribution in [0.25, 0.3) is 0 Å². The van der Waals surface area contributed by atoms with Gasteiger partial charge in [-0.05, 0) is 33.3 Å². The lowest BCUT2D eigenvalue weighted by atomic mass is 9.84. The molecule has 124 valence electrons. The number of hydrogen-bond acceptors (Lipinski definition) is 3. The predicted octanol–water partition coefficient (Wildman–Crippen LogP) is 2.60. The molecule has 0 radical (unpaired) electrons. The second-order valence-electron chi connectivity index (χ2n) is 6.75. The Morgan fingerprint density at radius 3 is 2.32 bits per heavy atom. The number of nitrogens with one attached hydrogen (secondary N) is 1. The van der Waals surface area contributed by atoms with Crippen molar-refractivity contribution in [1.82, 2.24) is 5.32 Å². The van der Waals surface area contributed by atoms with Crippen LogP contribution in [-0.4, -0.2) is 31.4 Å². The summed E-state index contributed by atoms with van der Waals surface area (Å²) in [6.45, 7) is 11.1. The molecule has 5 heteroatoms. The van der Waals surface area contributed by atoms with Crippen molar-refractivity contribution in [3.05, 3.63) is 35.4 Å². The summed E-state index contributed by atoms with van der Waals surface area (Å²) in [5, 5.41) is 1.20. The SMILES string of the molecule is Cc1cccc(C(C)(C)CNC(=O)[C@H](C)S(=O)(=O)C(C)C)c1. The zero-order valence-corrected chi connectivity index (χ0v) is 15.1. The highest BCUT2D eigenvalue weighted by atomic mass is 32.2. The molecule has 1 atom stereocenters. The Hall–Kier alpha value is -1.36. The standard InChI is InChI=1S/C17H27NO3S/c1-12(2)22(20,21)14(4)16(19)18-11-17(5,6)15-9-7-8-13(3)10-15/h7-10,12,14H,11H2,1-6H3,(H,18,19)/t14-/m0/s1. The molecule has 1 amide bonds. The number of rotatable bonds is 6. The van der Waals surface area contributed by atoms with E-state index in [1.54, 1.807) is 13.8 Å². The lowest BCUT2D eigenvalue weighted by Crippen LogP contribution is -2.45. The van der Waals surface area contributed by atoms with E-state index in [2.05, 4.69) is 11.4 Å². The minimum absolute atomic E-state index is 0.261. The van der Waals surface area contributed by atoms with Crippen LogP contribution < -0.4 is 5.32 Å². The van der Waals surface area contributed by atoms with E-state index in [9.17, 15) is 13.2 Å². The Kier molecular flexibility index (Phi) is 5.79. The molecule has 0 fully saturated rings. The predicted molar refractivity (Wildman–Crippen MR) is 90.7 cm³/mol. The quantitative estimate of drug-likeness (QED) is 0.874. The number of carbonyl (C=O) groups excluding carboxylic acids is 1. The van der Waals surface area contributed by atoms with Gasteiger partial charge in [-0.2, -0.15) is 0 Å². The van der Waals surface area contributed by atoms with Gasteiger partial charge in [-0.3, -0.25) is 4.79 Å². The average Bonchev–Trinajstić information content (AvgIpc) is 2.43. The van der Waals surface area contributed by atoms with Crippen molar-refractivity contribution in [3.8, 4) is 0 Å². The van der Waals surface area contributed by atoms with Crippen molar-refractivity contribution < 1.29 is 13.2 Å². The Morgan fingerprint density at radius 2 is 1.82 bits per heavy atom. The molecule has 1 rings (SSSR count). The highest BCUT2D eigenvalue weighted by molar-refractivity contribution is 7.93. The Balaban J connectivity index is 2.79. The summed E-state index contributed by atoms with van der Waals surface area (Å²) in [6.07, 6.45) is 0. The van der Waals surface area contributed by atoms with E-state index in [0.717, 1.165) is 11.1 Å². The molecule has 0 aliphatic carbocycles. The topological polar surface area (TPSA) is 63.2 Å². The zero-order valence-electron chi connectivity index (χ0n) is 14.3. The normalized spacial score (nSPS) is 14.0. The van der Waals surface area contributed by atoms with Crippen molar-refractivity contribution >= 4 is 15.7 Å². The molecule has 0 aliphatic rings. The molecule has 1 aromatic rings. The second-order valence-corrected chi connectivity index (χ2v) is 9.58. The molecule has 0 aliphatic heterocycles. The number of aryl methyl sites for hydroxylation is 1. The van der Waals surface area contributed by atoms with E-state index < -0.39 is 26.2 Å². The molecule has 1 N–H and O–H groups in total. The van der Waals surface area contributed by atoms with Gasteiger partial charge >= 0.3 is 0 Å². The summed E-state index contributed by atoms with van der Waals surface area (Å²) in [5.74, 6) is -0.436. The number of amides is 1. The van der Waals surface area contributed by atoms with E-state index in [4.69, 9.17) is 0 Å². The van der Waals surface area contributed by atoms with Gasteiger partial charge in [0, 0.05) is 12.0 Å². The van der Waals surface area contributed by atoms with Crippen LogP contribution in [0.2, 0.25) is 0 Å². The van der Waals surface area contributed by atoms with Gasteiger partial charge in [-0.15, -0.1) is 0 Å². The van der Waals surface area contributed by atoms with Gasteiger partial charge < -0.3 is 5.32 Å². The lowest BCUT2D eigenvalue weighted by molar-refractivity contribution is -0.120. The number of carbonyl (C=O) groups is 1. The first-order valence-corrected chi connectivity index (χ1v) is 9.17. The maximum Gasteiger partial charge on any atom is 0.238 e. The number of benzene rings is 1. The Morgan fingerprint density at radius 1 is 1.23 bits per heavy atom. The third-order valence-corrected chi connectivity index (χ3v) is 6.54. The average molecular weight is 325 g/mol. The van der Waals surface area contributed by atoms with Crippen LogP contribution in [0.5, 0.6) is 0 Å². The Bertz CT molecular complexity index is 633. The largest absolute Gasteiger partial charge is 0.354 e. The highest BCUT2D eigenvalue weighted by Gasteiger charge is 2.31. The van der Waals surface area contributed by atoms with Gasteiger partial charge in [0.15, 0.2) is 9.84 Å². The van der Waals surface area contributed by atoms with Gasteiger partial charge in [-0.1, -0.05) is 43.7 Å². The maximum atomic E-state index is 12.1. The number of sulfone groups is 1. The summed E-state index contributed by atoms with van der Waals surface area (Å²) >= 11 is 0. The third kappa shape index (κ3) is 4.32. The molecule has 0 heterocycles. The van der Waals surface area contributed by atoms with E-state index in [1.807, 2.05) is 39.0 Å². The van der Waals surface area contributed by atoms with Gasteiger partial charge in [0.1, 0.15) is 5.25 Å². The first-order chi connectivity index (χ1) is 9.98. The smallest absolute Gasteiger partial charge is 0.238 e. The van der Waals surface area contributed by atoms with Crippen molar-refractivity contribution in [2.45, 2.75) is 57.5 Å². The first-order valence-electron chi connectivity index (χ1n) is 7.56. The van der Waals surface area contributed by atoms with Crippen molar-refractivity contribution in [2.24, 2.45) is 0 Å². The van der Waals surface area contributed by atoms with Gasteiger partial charge in [0.2, 0.25) is 5.91 Å². The Labute approximate surface area is 134 Å². The third-order valence-electron chi connectivity index (χ3n) is 4.02. The molecular formula is C17H27NO3S. The van der Waals surface area contributed by atoms with E-state index in [1.165, 1.54) is 6.92 Å². The molecule has 0 saturated carbocycles. The zero-order chi connectivity index (χ0) is 17.1. The molecule has 4 nitrogen and oxygen atoms in total. The van der Waals surface area contributed by atoms with Crippen LogP contribution in [0.1, 0.15) is 45.7 Å². The van der Waals surface area contributed by atoms with Crippen LogP contribution >= 0.6 is 0 Å². The molecule has 0 unspecified atom stereocenters. The minimum atomic E-state index is -3.43. The first kappa shape index (κ1) is 18.7. The van der Waals surface area contributed by atoms with Crippen LogP contribution in [0.15, 0.2) is 24.3 Å². The van der Waals surface area contributed by atoms with Crippen LogP contribution in [-0.2, 0) is 20.0 Å². The van der Waals surface area contributed by atoms with Gasteiger partial charge in [0.05, 0.1) is 5.25 Å². The summed E-state index contributed by atoms with van der Waals surface area (Å²) in [6, 6.07) is 8.11. The maximum absolute atomic E-state index is 12.1. The summed E-state index contributed by atoms with van der Waals surface area (Å²) in [5.41, 5.74) is 2.02. The van der Waals surface area contributed by atoms with E-state index in [-0.39, 0.29) is 5.41 Å². The van der Waals surface area contributed by atoms with Gasteiger partial charge in [0.25, 0.3) is 0 Å². The molecule has 0 aromatic heterocycles. The fourth-order valence-corrected chi connectivity index (χ4v) is 3.38.